The zero-order valence-electron chi connectivity index (χ0n) is 6.96. The van der Waals surface area contributed by atoms with Crippen molar-refractivity contribution in [1.29, 1.82) is 0 Å². The normalized spacial score (nSPS) is 22.8. The Morgan fingerprint density at radius 3 is 2.58 bits per heavy atom. The summed E-state index contributed by atoms with van der Waals surface area (Å²) >= 11 is 7.37. The predicted octanol–water partition coefficient (Wildman–Crippen LogP) is 2.84. The van der Waals surface area contributed by atoms with Crippen molar-refractivity contribution < 1.29 is 4.79 Å². The Labute approximate surface area is 82.6 Å². The van der Waals surface area contributed by atoms with Gasteiger partial charge in [0.05, 0.1) is 0 Å². The van der Waals surface area contributed by atoms with Crippen LogP contribution in [0.3, 0.4) is 0 Å². The Morgan fingerprint density at radius 1 is 1.42 bits per heavy atom. The van der Waals surface area contributed by atoms with Gasteiger partial charge in [0.1, 0.15) is 6.29 Å². The average Bonchev–Trinajstić information content (AvgIpc) is 2.16. The van der Waals surface area contributed by atoms with Gasteiger partial charge in [-0.1, -0.05) is 17.7 Å². The highest BCUT2D eigenvalue weighted by Gasteiger charge is 2.30. The number of carbonyl (C=O) groups excluding carboxylic acids is 1. The number of allylic oxidation sites excluding steroid dienone is 1. The van der Waals surface area contributed by atoms with Gasteiger partial charge in [0, 0.05) is 11.0 Å². The molecule has 0 unspecified atom stereocenters. The van der Waals surface area contributed by atoms with Gasteiger partial charge in [-0.05, 0) is 30.8 Å². The molecule has 0 aromatic carbocycles. The monoisotopic (exact) mass is 204 g/mol. The number of halogens is 1. The van der Waals surface area contributed by atoms with E-state index in [1.165, 1.54) is 5.54 Å². The van der Waals surface area contributed by atoms with Crippen LogP contribution >= 0.6 is 23.4 Å². The van der Waals surface area contributed by atoms with Crippen LogP contribution in [0.1, 0.15) is 19.3 Å². The molecule has 1 nitrogen and oxygen atoms in total. The van der Waals surface area contributed by atoms with Gasteiger partial charge < -0.3 is 4.79 Å². The molecular weight excluding hydrogens is 192 g/mol. The van der Waals surface area contributed by atoms with E-state index in [2.05, 4.69) is 0 Å². The fraction of sp³-hybridized carbons (Fsp3) is 0.667. The van der Waals surface area contributed by atoms with E-state index in [1.807, 2.05) is 17.8 Å². The highest BCUT2D eigenvalue weighted by Crippen LogP contribution is 2.36. The molecule has 12 heavy (non-hydrogen) atoms. The largest absolute Gasteiger partial charge is 0.303 e. The lowest BCUT2D eigenvalue weighted by atomic mass is 9.80. The predicted molar refractivity (Wildman–Crippen MR) is 54.7 cm³/mol. The number of hydrogen-bond acceptors (Lipinski definition) is 2. The van der Waals surface area contributed by atoms with Crippen molar-refractivity contribution in [2.24, 2.45) is 5.41 Å². The first-order valence-corrected chi connectivity index (χ1v) is 5.71. The van der Waals surface area contributed by atoms with Gasteiger partial charge >= 0.3 is 0 Å². The third-order valence-corrected chi connectivity index (χ3v) is 3.52. The molecule has 1 heterocycles. The van der Waals surface area contributed by atoms with Gasteiger partial charge in [0.25, 0.3) is 0 Å². The molecular formula is C9H13ClOS. The van der Waals surface area contributed by atoms with Crippen molar-refractivity contribution in [1.82, 2.24) is 0 Å². The zero-order chi connectivity index (χ0) is 8.86. The number of rotatable bonds is 3. The van der Waals surface area contributed by atoms with Crippen LogP contribution in [-0.4, -0.2) is 17.8 Å². The van der Waals surface area contributed by atoms with E-state index in [9.17, 15) is 4.79 Å². The maximum atomic E-state index is 10.9. The lowest BCUT2D eigenvalue weighted by Crippen LogP contribution is -2.27. The molecule has 0 bridgehead atoms. The molecule has 0 N–H and O–H groups in total. The van der Waals surface area contributed by atoms with E-state index in [0.29, 0.717) is 0 Å². The molecule has 0 aromatic heterocycles. The molecule has 0 spiro atoms. The summed E-state index contributed by atoms with van der Waals surface area (Å²) in [6, 6.07) is 0. The summed E-state index contributed by atoms with van der Waals surface area (Å²) in [4.78, 5) is 10.9. The van der Waals surface area contributed by atoms with Crippen molar-refractivity contribution in [2.45, 2.75) is 19.3 Å². The number of carbonyl (C=O) groups is 1. The molecule has 1 aliphatic heterocycles. The van der Waals surface area contributed by atoms with E-state index in [1.54, 1.807) is 0 Å². The van der Waals surface area contributed by atoms with E-state index in [4.69, 9.17) is 11.6 Å². The quantitative estimate of drug-likeness (QED) is 0.658. The van der Waals surface area contributed by atoms with Gasteiger partial charge in [-0.25, -0.2) is 0 Å². The smallest absolute Gasteiger partial charge is 0.126 e. The second-order valence-electron chi connectivity index (χ2n) is 3.16. The summed E-state index contributed by atoms with van der Waals surface area (Å²) in [5.74, 6) is 2.21. The number of aldehydes is 1. The number of hydrogen-bond donors (Lipinski definition) is 0. The van der Waals surface area contributed by atoms with Crippen LogP contribution in [-0.2, 0) is 4.79 Å². The minimum absolute atomic E-state index is 0.101. The maximum absolute atomic E-state index is 10.9. The van der Waals surface area contributed by atoms with Gasteiger partial charge in [-0.3, -0.25) is 0 Å². The van der Waals surface area contributed by atoms with Crippen LogP contribution in [0, 0.1) is 5.41 Å². The molecule has 3 heteroatoms. The van der Waals surface area contributed by atoms with E-state index in [-0.39, 0.29) is 5.41 Å². The third-order valence-electron chi connectivity index (χ3n) is 2.35. The van der Waals surface area contributed by atoms with Gasteiger partial charge in [0.15, 0.2) is 0 Å². The van der Waals surface area contributed by atoms with Gasteiger partial charge in [-0.15, -0.1) is 0 Å². The molecule has 0 radical (unpaired) electrons. The minimum atomic E-state index is -0.101. The minimum Gasteiger partial charge on any atom is -0.303 e. The Kier molecular flexibility index (Phi) is 4.16. The summed E-state index contributed by atoms with van der Waals surface area (Å²) in [5, 5.41) is 0. The van der Waals surface area contributed by atoms with Crippen molar-refractivity contribution >= 4 is 29.6 Å². The standard InChI is InChI=1S/C9H13ClOS/c10-5-1-2-9(8-11)3-6-12-7-4-9/h1,5,8H,2-4,6-7H2/b5-1+. The lowest BCUT2D eigenvalue weighted by molar-refractivity contribution is -0.116. The first-order valence-electron chi connectivity index (χ1n) is 4.12. The van der Waals surface area contributed by atoms with Crippen molar-refractivity contribution in [3.8, 4) is 0 Å². The Balaban J connectivity index is 2.53. The molecule has 1 fully saturated rings. The van der Waals surface area contributed by atoms with Crippen LogP contribution in [0.2, 0.25) is 0 Å². The summed E-state index contributed by atoms with van der Waals surface area (Å²) in [6.07, 6.45) is 5.81. The first kappa shape index (κ1) is 10.1. The second kappa shape index (κ2) is 4.93. The Hall–Kier alpha value is 0.0500. The maximum Gasteiger partial charge on any atom is 0.126 e. The van der Waals surface area contributed by atoms with Crippen molar-refractivity contribution in [3.05, 3.63) is 11.6 Å². The van der Waals surface area contributed by atoms with Crippen LogP contribution in [0.4, 0.5) is 0 Å². The van der Waals surface area contributed by atoms with Crippen LogP contribution in [0.25, 0.3) is 0 Å². The zero-order valence-corrected chi connectivity index (χ0v) is 8.53. The molecule has 0 atom stereocenters. The van der Waals surface area contributed by atoms with Crippen molar-refractivity contribution in [2.75, 3.05) is 11.5 Å². The summed E-state index contributed by atoms with van der Waals surface area (Å²) in [6.45, 7) is 0. The average molecular weight is 205 g/mol. The Morgan fingerprint density at radius 2 is 2.08 bits per heavy atom. The number of thioether (sulfide) groups is 1. The van der Waals surface area contributed by atoms with Crippen LogP contribution < -0.4 is 0 Å². The fourth-order valence-electron chi connectivity index (χ4n) is 1.43. The Bertz CT molecular complexity index is 173. The summed E-state index contributed by atoms with van der Waals surface area (Å²) < 4.78 is 0. The van der Waals surface area contributed by atoms with Gasteiger partial charge in [0.2, 0.25) is 0 Å². The molecule has 1 saturated heterocycles. The molecule has 0 amide bonds. The topological polar surface area (TPSA) is 17.1 Å². The van der Waals surface area contributed by atoms with E-state index < -0.39 is 0 Å². The molecule has 0 saturated carbocycles. The van der Waals surface area contributed by atoms with Gasteiger partial charge in [-0.2, -0.15) is 11.8 Å². The SMILES string of the molecule is O=CC1(C/C=C/Cl)CCSCC1. The van der Waals surface area contributed by atoms with E-state index in [0.717, 1.165) is 37.1 Å². The summed E-state index contributed by atoms with van der Waals surface area (Å²) in [7, 11) is 0. The molecule has 1 aliphatic rings. The highest BCUT2D eigenvalue weighted by atomic mass is 35.5. The van der Waals surface area contributed by atoms with E-state index >= 15 is 0 Å². The molecule has 0 aliphatic carbocycles. The van der Waals surface area contributed by atoms with Crippen molar-refractivity contribution in [3.63, 3.8) is 0 Å². The van der Waals surface area contributed by atoms with Crippen LogP contribution in [0.5, 0.6) is 0 Å². The highest BCUT2D eigenvalue weighted by molar-refractivity contribution is 7.99. The third kappa shape index (κ3) is 2.53. The first-order chi connectivity index (χ1) is 5.83. The lowest BCUT2D eigenvalue weighted by Gasteiger charge is -2.30. The molecule has 1 rings (SSSR count). The second-order valence-corrected chi connectivity index (χ2v) is 4.64. The van der Waals surface area contributed by atoms with Crippen LogP contribution in [0.15, 0.2) is 11.6 Å². The fourth-order valence-corrected chi connectivity index (χ4v) is 2.82. The molecule has 0 aromatic rings. The molecule has 68 valence electrons. The summed E-state index contributed by atoms with van der Waals surface area (Å²) in [5.41, 5.74) is 1.41.